The molecule has 0 aliphatic carbocycles. The molecule has 96 valence electrons. The maximum atomic E-state index is 5.16. The van der Waals surface area contributed by atoms with Gasteiger partial charge in [0, 0.05) is 36.4 Å². The average Bonchev–Trinajstić information content (AvgIpc) is 2.89. The Bertz CT molecular complexity index is 485. The summed E-state index contributed by atoms with van der Waals surface area (Å²) in [6.45, 7) is 1.72. The van der Waals surface area contributed by atoms with E-state index in [1.54, 1.807) is 13.3 Å². The van der Waals surface area contributed by atoms with Crippen molar-refractivity contribution in [2.75, 3.05) is 13.7 Å². The van der Waals surface area contributed by atoms with Crippen molar-refractivity contribution >= 4 is 15.9 Å². The second-order valence-electron chi connectivity index (χ2n) is 3.92. The van der Waals surface area contributed by atoms with Gasteiger partial charge in [-0.15, -0.1) is 0 Å². The number of halogens is 1. The minimum Gasteiger partial charge on any atom is -0.497 e. The summed E-state index contributed by atoms with van der Waals surface area (Å²) < 4.78 is 6.22. The predicted octanol–water partition coefficient (Wildman–Crippen LogP) is 2.51. The van der Waals surface area contributed by atoms with Crippen molar-refractivity contribution in [2.24, 2.45) is 0 Å². The minimum atomic E-state index is 0.825. The number of H-pyrrole nitrogens is 1. The van der Waals surface area contributed by atoms with Crippen molar-refractivity contribution in [3.05, 3.63) is 46.5 Å². The zero-order valence-corrected chi connectivity index (χ0v) is 11.8. The van der Waals surface area contributed by atoms with Crippen LogP contribution in [0, 0.1) is 0 Å². The molecule has 1 aromatic carbocycles. The highest BCUT2D eigenvalue weighted by molar-refractivity contribution is 9.10. The summed E-state index contributed by atoms with van der Waals surface area (Å²) in [5.41, 5.74) is 1.22. The first-order valence-electron chi connectivity index (χ1n) is 5.81. The van der Waals surface area contributed by atoms with E-state index in [0.717, 1.165) is 35.6 Å². The Kier molecular flexibility index (Phi) is 4.78. The lowest BCUT2D eigenvalue weighted by Crippen LogP contribution is -2.17. The highest BCUT2D eigenvalue weighted by atomic mass is 79.9. The number of nitrogens with zero attached hydrogens (tertiary/aromatic N) is 1. The van der Waals surface area contributed by atoms with Gasteiger partial charge in [-0.05, 0) is 17.7 Å². The summed E-state index contributed by atoms with van der Waals surface area (Å²) in [7, 11) is 1.67. The molecule has 0 radical (unpaired) electrons. The standard InChI is InChI=1S/C13H16BrN3O/c1-18-11-3-2-10(12(14)8-11)9-15-5-4-13-16-6-7-17-13/h2-3,6-8,15H,4-5,9H2,1H3,(H,16,17). The van der Waals surface area contributed by atoms with Crippen LogP contribution < -0.4 is 10.1 Å². The Labute approximate surface area is 115 Å². The van der Waals surface area contributed by atoms with Gasteiger partial charge in [0.2, 0.25) is 0 Å². The summed E-state index contributed by atoms with van der Waals surface area (Å²) in [5.74, 6) is 1.87. The number of rotatable bonds is 6. The molecule has 0 aliphatic heterocycles. The van der Waals surface area contributed by atoms with Crippen LogP contribution in [-0.4, -0.2) is 23.6 Å². The van der Waals surface area contributed by atoms with E-state index in [4.69, 9.17) is 4.74 Å². The van der Waals surface area contributed by atoms with E-state index in [0.29, 0.717) is 0 Å². The van der Waals surface area contributed by atoms with Crippen LogP contribution in [-0.2, 0) is 13.0 Å². The normalized spacial score (nSPS) is 10.6. The van der Waals surface area contributed by atoms with Crippen LogP contribution in [0.25, 0.3) is 0 Å². The van der Waals surface area contributed by atoms with Crippen molar-refractivity contribution in [2.45, 2.75) is 13.0 Å². The van der Waals surface area contributed by atoms with Gasteiger partial charge in [-0.1, -0.05) is 22.0 Å². The van der Waals surface area contributed by atoms with E-state index < -0.39 is 0 Å². The number of hydrogen-bond acceptors (Lipinski definition) is 3. The molecule has 5 heteroatoms. The first kappa shape index (κ1) is 13.1. The fourth-order valence-electron chi connectivity index (χ4n) is 1.66. The third-order valence-electron chi connectivity index (χ3n) is 2.67. The van der Waals surface area contributed by atoms with Gasteiger partial charge in [0.05, 0.1) is 7.11 Å². The van der Waals surface area contributed by atoms with Gasteiger partial charge in [-0.3, -0.25) is 0 Å². The highest BCUT2D eigenvalue weighted by Crippen LogP contribution is 2.22. The first-order valence-corrected chi connectivity index (χ1v) is 6.60. The fourth-order valence-corrected chi connectivity index (χ4v) is 2.16. The summed E-state index contributed by atoms with van der Waals surface area (Å²) >= 11 is 3.54. The molecule has 1 aromatic heterocycles. The minimum absolute atomic E-state index is 0.825. The van der Waals surface area contributed by atoms with Crippen molar-refractivity contribution in [1.82, 2.24) is 15.3 Å². The molecule has 0 saturated carbocycles. The summed E-state index contributed by atoms with van der Waals surface area (Å²) in [4.78, 5) is 7.27. The highest BCUT2D eigenvalue weighted by Gasteiger charge is 2.01. The van der Waals surface area contributed by atoms with Crippen molar-refractivity contribution in [3.8, 4) is 5.75 Å². The Hall–Kier alpha value is -1.33. The third kappa shape index (κ3) is 3.58. The van der Waals surface area contributed by atoms with Crippen molar-refractivity contribution in [3.63, 3.8) is 0 Å². The summed E-state index contributed by atoms with van der Waals surface area (Å²) in [6, 6.07) is 6.00. The van der Waals surface area contributed by atoms with Crippen LogP contribution in [0.15, 0.2) is 35.1 Å². The van der Waals surface area contributed by atoms with E-state index in [1.807, 2.05) is 18.3 Å². The van der Waals surface area contributed by atoms with Crippen LogP contribution in [0.5, 0.6) is 5.75 Å². The maximum Gasteiger partial charge on any atom is 0.120 e. The van der Waals surface area contributed by atoms with Gasteiger partial charge < -0.3 is 15.0 Å². The fraction of sp³-hybridized carbons (Fsp3) is 0.308. The molecule has 0 unspecified atom stereocenters. The largest absolute Gasteiger partial charge is 0.497 e. The van der Waals surface area contributed by atoms with Crippen LogP contribution in [0.2, 0.25) is 0 Å². The van der Waals surface area contributed by atoms with E-state index in [2.05, 4.69) is 37.3 Å². The number of aromatic nitrogens is 2. The van der Waals surface area contributed by atoms with E-state index in [-0.39, 0.29) is 0 Å². The lowest BCUT2D eigenvalue weighted by atomic mass is 10.2. The number of nitrogens with one attached hydrogen (secondary N) is 2. The molecule has 0 amide bonds. The van der Waals surface area contributed by atoms with Gasteiger partial charge in [0.15, 0.2) is 0 Å². The number of hydrogen-bond donors (Lipinski definition) is 2. The molecule has 0 aliphatic rings. The Balaban J connectivity index is 1.79. The summed E-state index contributed by atoms with van der Waals surface area (Å²) in [6.07, 6.45) is 4.52. The lowest BCUT2D eigenvalue weighted by molar-refractivity contribution is 0.414. The SMILES string of the molecule is COc1ccc(CNCCc2ncc[nH]2)c(Br)c1. The lowest BCUT2D eigenvalue weighted by Gasteiger charge is -2.08. The molecule has 0 fully saturated rings. The number of methoxy groups -OCH3 is 1. The third-order valence-corrected chi connectivity index (χ3v) is 3.41. The quantitative estimate of drug-likeness (QED) is 0.806. The molecule has 1 heterocycles. The van der Waals surface area contributed by atoms with Gasteiger partial charge in [-0.2, -0.15) is 0 Å². The van der Waals surface area contributed by atoms with Crippen LogP contribution >= 0.6 is 15.9 Å². The molecule has 4 nitrogen and oxygen atoms in total. The maximum absolute atomic E-state index is 5.16. The molecule has 2 N–H and O–H groups in total. The number of imidazole rings is 1. The predicted molar refractivity (Wildman–Crippen MR) is 74.7 cm³/mol. The molecule has 0 saturated heterocycles. The Morgan fingerprint density at radius 1 is 1.44 bits per heavy atom. The Morgan fingerprint density at radius 3 is 3.00 bits per heavy atom. The second kappa shape index (κ2) is 6.56. The smallest absolute Gasteiger partial charge is 0.120 e. The zero-order chi connectivity index (χ0) is 12.8. The molecule has 18 heavy (non-hydrogen) atoms. The molecule has 0 bridgehead atoms. The molecule has 2 rings (SSSR count). The van der Waals surface area contributed by atoms with Gasteiger partial charge in [-0.25, -0.2) is 4.98 Å². The zero-order valence-electron chi connectivity index (χ0n) is 10.2. The van der Waals surface area contributed by atoms with Crippen LogP contribution in [0.1, 0.15) is 11.4 Å². The topological polar surface area (TPSA) is 49.9 Å². The molecule has 2 aromatic rings. The van der Waals surface area contributed by atoms with E-state index in [9.17, 15) is 0 Å². The van der Waals surface area contributed by atoms with Gasteiger partial charge in [0.1, 0.15) is 11.6 Å². The van der Waals surface area contributed by atoms with Gasteiger partial charge >= 0.3 is 0 Å². The monoisotopic (exact) mass is 309 g/mol. The molecule has 0 spiro atoms. The van der Waals surface area contributed by atoms with Crippen LogP contribution in [0.3, 0.4) is 0 Å². The number of aromatic amines is 1. The van der Waals surface area contributed by atoms with E-state index in [1.165, 1.54) is 5.56 Å². The summed E-state index contributed by atoms with van der Waals surface area (Å²) in [5, 5.41) is 3.39. The second-order valence-corrected chi connectivity index (χ2v) is 4.77. The first-order chi connectivity index (χ1) is 8.79. The van der Waals surface area contributed by atoms with E-state index >= 15 is 0 Å². The number of benzene rings is 1. The van der Waals surface area contributed by atoms with Gasteiger partial charge in [0.25, 0.3) is 0 Å². The Morgan fingerprint density at radius 2 is 2.33 bits per heavy atom. The molecular formula is C13H16BrN3O. The van der Waals surface area contributed by atoms with Crippen LogP contribution in [0.4, 0.5) is 0 Å². The average molecular weight is 310 g/mol. The molecule has 0 atom stereocenters. The molecular weight excluding hydrogens is 294 g/mol. The van der Waals surface area contributed by atoms with Crippen molar-refractivity contribution < 1.29 is 4.74 Å². The number of ether oxygens (including phenoxy) is 1. The van der Waals surface area contributed by atoms with Crippen molar-refractivity contribution in [1.29, 1.82) is 0 Å².